The van der Waals surface area contributed by atoms with Gasteiger partial charge >= 0.3 is 0 Å². The Labute approximate surface area is 90.0 Å². The highest BCUT2D eigenvalue weighted by atomic mass is 16.2. The van der Waals surface area contributed by atoms with Crippen molar-refractivity contribution in [1.29, 1.82) is 0 Å². The van der Waals surface area contributed by atoms with Crippen molar-refractivity contribution in [3.8, 4) is 0 Å². The molecule has 0 bridgehead atoms. The topological polar surface area (TPSA) is 49.4 Å². The lowest BCUT2D eigenvalue weighted by molar-refractivity contribution is -0.142. The first-order valence-electron chi connectivity index (χ1n) is 5.77. The molecule has 1 saturated carbocycles. The molecule has 2 amide bonds. The number of rotatable bonds is 2. The molecule has 4 nitrogen and oxygen atoms in total. The van der Waals surface area contributed by atoms with Crippen molar-refractivity contribution in [2.45, 2.75) is 50.6 Å². The van der Waals surface area contributed by atoms with E-state index in [9.17, 15) is 9.59 Å². The van der Waals surface area contributed by atoms with Gasteiger partial charge in [0.1, 0.15) is 0 Å². The van der Waals surface area contributed by atoms with Crippen LogP contribution in [0.1, 0.15) is 38.5 Å². The van der Waals surface area contributed by atoms with E-state index in [2.05, 4.69) is 5.32 Å². The van der Waals surface area contributed by atoms with Gasteiger partial charge in [0.05, 0.1) is 12.5 Å². The Balaban J connectivity index is 2.07. The van der Waals surface area contributed by atoms with Gasteiger partial charge in [-0.25, -0.2) is 0 Å². The molecule has 1 atom stereocenters. The smallest absolute Gasteiger partial charge is 0.247 e. The van der Waals surface area contributed by atoms with E-state index in [1.807, 2.05) is 0 Å². The minimum absolute atomic E-state index is 0.00579. The number of nitrogens with one attached hydrogen (secondary N) is 1. The number of carbonyl (C=O) groups is 2. The molecule has 4 heteroatoms. The zero-order valence-corrected chi connectivity index (χ0v) is 9.16. The van der Waals surface area contributed by atoms with Crippen LogP contribution in [0.2, 0.25) is 0 Å². The predicted octanol–water partition coefficient (Wildman–Crippen LogP) is 0.666. The second-order valence-electron chi connectivity index (χ2n) is 4.44. The lowest BCUT2D eigenvalue weighted by Crippen LogP contribution is -2.44. The Hall–Kier alpha value is -0.900. The minimum Gasteiger partial charge on any atom is -0.308 e. The lowest BCUT2D eigenvalue weighted by atomic mass is 9.94. The fraction of sp³-hybridized carbons (Fsp3) is 0.818. The van der Waals surface area contributed by atoms with Crippen molar-refractivity contribution < 1.29 is 9.59 Å². The van der Waals surface area contributed by atoms with E-state index in [0.29, 0.717) is 6.42 Å². The number of amides is 2. The summed E-state index contributed by atoms with van der Waals surface area (Å²) in [5.74, 6) is -0.0133. The van der Waals surface area contributed by atoms with Gasteiger partial charge < -0.3 is 5.32 Å². The molecule has 1 N–H and O–H groups in total. The molecule has 1 aliphatic carbocycles. The van der Waals surface area contributed by atoms with E-state index >= 15 is 0 Å². The fourth-order valence-corrected chi connectivity index (χ4v) is 2.60. The Morgan fingerprint density at radius 3 is 2.40 bits per heavy atom. The molecule has 1 heterocycles. The SMILES string of the molecule is CNC1CC(=O)N(C2CCCCC2)C1=O. The highest BCUT2D eigenvalue weighted by molar-refractivity contribution is 6.05. The fourth-order valence-electron chi connectivity index (χ4n) is 2.60. The molecule has 0 aromatic heterocycles. The van der Waals surface area contributed by atoms with Gasteiger partial charge in [0.15, 0.2) is 0 Å². The van der Waals surface area contributed by atoms with Crippen LogP contribution in [0, 0.1) is 0 Å². The zero-order chi connectivity index (χ0) is 10.8. The van der Waals surface area contributed by atoms with Crippen molar-refractivity contribution >= 4 is 11.8 Å². The van der Waals surface area contributed by atoms with Crippen LogP contribution in [0.15, 0.2) is 0 Å². The molecule has 0 spiro atoms. The molecule has 0 aromatic rings. The van der Waals surface area contributed by atoms with Crippen molar-refractivity contribution in [3.63, 3.8) is 0 Å². The van der Waals surface area contributed by atoms with Crippen LogP contribution in [-0.4, -0.2) is 35.8 Å². The second-order valence-corrected chi connectivity index (χ2v) is 4.44. The summed E-state index contributed by atoms with van der Waals surface area (Å²) in [6, 6.07) is -0.100. The van der Waals surface area contributed by atoms with Crippen LogP contribution >= 0.6 is 0 Å². The summed E-state index contributed by atoms with van der Waals surface area (Å²) in [5, 5.41) is 2.90. The number of likely N-dealkylation sites (N-methyl/N-ethyl adjacent to an activating group) is 1. The lowest BCUT2D eigenvalue weighted by Gasteiger charge is -2.29. The van der Waals surface area contributed by atoms with Crippen molar-refractivity contribution in [3.05, 3.63) is 0 Å². The molecule has 0 radical (unpaired) electrons. The van der Waals surface area contributed by atoms with Crippen LogP contribution in [-0.2, 0) is 9.59 Å². The summed E-state index contributed by atoms with van der Waals surface area (Å²) in [4.78, 5) is 25.1. The van der Waals surface area contributed by atoms with Gasteiger partial charge in [-0.15, -0.1) is 0 Å². The first-order valence-corrected chi connectivity index (χ1v) is 5.77. The second kappa shape index (κ2) is 4.31. The first kappa shape index (κ1) is 10.6. The van der Waals surface area contributed by atoms with Crippen molar-refractivity contribution in [1.82, 2.24) is 10.2 Å². The Bertz CT molecular complexity index is 272. The average Bonchev–Trinajstić information content (AvgIpc) is 2.55. The van der Waals surface area contributed by atoms with Crippen LogP contribution in [0.4, 0.5) is 0 Å². The van der Waals surface area contributed by atoms with E-state index in [4.69, 9.17) is 0 Å². The summed E-state index contributed by atoms with van der Waals surface area (Å²) in [6.45, 7) is 0. The van der Waals surface area contributed by atoms with Crippen molar-refractivity contribution in [2.75, 3.05) is 7.05 Å². The quantitative estimate of drug-likeness (QED) is 0.681. The molecule has 1 unspecified atom stereocenters. The highest BCUT2D eigenvalue weighted by Gasteiger charge is 2.41. The summed E-state index contributed by atoms with van der Waals surface area (Å²) < 4.78 is 0. The molecular weight excluding hydrogens is 192 g/mol. The maximum atomic E-state index is 11.9. The molecule has 2 aliphatic rings. The van der Waals surface area contributed by atoms with E-state index in [0.717, 1.165) is 25.7 Å². The summed E-state index contributed by atoms with van der Waals surface area (Å²) in [7, 11) is 1.74. The van der Waals surface area contributed by atoms with Crippen LogP contribution < -0.4 is 5.32 Å². The molecule has 0 aromatic carbocycles. The number of hydrogen-bond donors (Lipinski definition) is 1. The third kappa shape index (κ3) is 1.91. The predicted molar refractivity (Wildman–Crippen MR) is 56.2 cm³/mol. The molecular formula is C11H18N2O2. The summed E-state index contributed by atoms with van der Waals surface area (Å²) in [5.41, 5.74) is 0. The van der Waals surface area contributed by atoms with Gasteiger partial charge in [-0.1, -0.05) is 19.3 Å². The van der Waals surface area contributed by atoms with Crippen LogP contribution in [0.5, 0.6) is 0 Å². The molecule has 1 aliphatic heterocycles. The van der Waals surface area contributed by atoms with E-state index < -0.39 is 0 Å². The van der Waals surface area contributed by atoms with E-state index in [1.165, 1.54) is 11.3 Å². The number of carbonyl (C=O) groups excluding carboxylic acids is 2. The largest absolute Gasteiger partial charge is 0.308 e. The Kier molecular flexibility index (Phi) is 3.05. The molecule has 84 valence electrons. The van der Waals surface area contributed by atoms with Crippen LogP contribution in [0.25, 0.3) is 0 Å². The summed E-state index contributed by atoms with van der Waals surface area (Å²) >= 11 is 0. The highest BCUT2D eigenvalue weighted by Crippen LogP contribution is 2.26. The Morgan fingerprint density at radius 2 is 1.87 bits per heavy atom. The molecule has 1 saturated heterocycles. The number of likely N-dealkylation sites (tertiary alicyclic amines) is 1. The summed E-state index contributed by atoms with van der Waals surface area (Å²) in [6.07, 6.45) is 5.85. The third-order valence-corrected chi connectivity index (χ3v) is 3.47. The van der Waals surface area contributed by atoms with E-state index in [-0.39, 0.29) is 23.9 Å². The van der Waals surface area contributed by atoms with Crippen LogP contribution in [0.3, 0.4) is 0 Å². The van der Waals surface area contributed by atoms with Gasteiger partial charge in [0, 0.05) is 6.04 Å². The third-order valence-electron chi connectivity index (χ3n) is 3.47. The Morgan fingerprint density at radius 1 is 1.20 bits per heavy atom. The zero-order valence-electron chi connectivity index (χ0n) is 9.16. The van der Waals surface area contributed by atoms with E-state index in [1.54, 1.807) is 7.05 Å². The minimum atomic E-state index is -0.278. The van der Waals surface area contributed by atoms with Gasteiger partial charge in [-0.05, 0) is 19.9 Å². The molecule has 2 fully saturated rings. The number of imide groups is 1. The molecule has 15 heavy (non-hydrogen) atoms. The van der Waals surface area contributed by atoms with Gasteiger partial charge in [0.25, 0.3) is 0 Å². The van der Waals surface area contributed by atoms with Gasteiger partial charge in [0.2, 0.25) is 11.8 Å². The molecule has 2 rings (SSSR count). The maximum Gasteiger partial charge on any atom is 0.247 e. The number of hydrogen-bond acceptors (Lipinski definition) is 3. The first-order chi connectivity index (χ1) is 7.24. The van der Waals surface area contributed by atoms with Gasteiger partial charge in [-0.2, -0.15) is 0 Å². The van der Waals surface area contributed by atoms with Crippen molar-refractivity contribution in [2.24, 2.45) is 0 Å². The average molecular weight is 210 g/mol. The maximum absolute atomic E-state index is 11.9. The normalized spacial score (nSPS) is 28.9. The monoisotopic (exact) mass is 210 g/mol. The standard InChI is InChI=1S/C11H18N2O2/c1-12-9-7-10(14)13(11(9)15)8-5-3-2-4-6-8/h8-9,12H,2-7H2,1H3. The van der Waals surface area contributed by atoms with Gasteiger partial charge in [-0.3, -0.25) is 14.5 Å². The number of nitrogens with zero attached hydrogens (tertiary/aromatic N) is 1.